The van der Waals surface area contributed by atoms with Gasteiger partial charge < -0.3 is 64.1 Å². The second-order valence-electron chi connectivity index (χ2n) is 26.2. The van der Waals surface area contributed by atoms with E-state index in [2.05, 4.69) is 210 Å². The lowest BCUT2D eigenvalue weighted by atomic mass is 9.77. The number of hydrogen-bond acceptors (Lipinski definition) is 22. The van der Waals surface area contributed by atoms with E-state index in [0.29, 0.717) is 17.1 Å². The van der Waals surface area contributed by atoms with Crippen molar-refractivity contribution in [3.05, 3.63) is 157 Å². The molecule has 0 amide bonds. The van der Waals surface area contributed by atoms with Crippen LogP contribution in [0.5, 0.6) is 11.5 Å². The Bertz CT molecular complexity index is 4700. The van der Waals surface area contributed by atoms with Crippen LogP contribution in [0.4, 0.5) is 38.0 Å². The summed E-state index contributed by atoms with van der Waals surface area (Å²) in [6.45, 7) is 2.12. The maximum Gasteiger partial charge on any atom is 0.460 e. The van der Waals surface area contributed by atoms with Gasteiger partial charge in [-0.1, -0.05) is 106 Å². The van der Waals surface area contributed by atoms with E-state index in [-0.39, 0.29) is 155 Å². The minimum absolute atomic E-state index is 0. The molecule has 4 aromatic heterocycles. The van der Waals surface area contributed by atoms with Crippen molar-refractivity contribution in [2.75, 3.05) is 25.3 Å². The van der Waals surface area contributed by atoms with Gasteiger partial charge in [-0.2, -0.15) is 31.4 Å². The zero-order chi connectivity index (χ0) is 92.4. The number of carbonyl (C=O) groups is 1. The molecule has 0 radical (unpaired) electrons. The molecule has 0 spiro atoms. The SMILES string of the molecule is C.CC(C)OC(=O)[C@H](C)NP(=O)(Oc1ccccc1)O[C@H]([C@H]1O[C@@H](n2cnc3c(N)ncnc32)[C@H](O)[C@@H]1O)C(F)(F)F.COc1ccc(C(Nc2ncnc3c2ncn3[C@@H]2O[C@H]([C@@H](O)C(F)(F)F)[C@H]3OC(OC)O[C@H]32)(c2ccccc2)c2ccccc2)cc1.PPP(P(P)P)P(P(P(P)P)P(P)P)P(P(P(P)P)P(P)P)P(P(P(P)P)P(P)P)P(P(P)P)P(P)P. The first kappa shape index (κ1) is 119. The number of methoxy groups -OCH3 is 2. The van der Waals surface area contributed by atoms with Crippen LogP contribution in [-0.4, -0.2) is 154 Å². The van der Waals surface area contributed by atoms with Crippen LogP contribution in [0.2, 0.25) is 0 Å². The Morgan fingerprint density at radius 3 is 1.43 bits per heavy atom. The molecule has 126 heavy (non-hydrogen) atoms. The number of nitrogens with zero attached hydrogens (tertiary/aromatic N) is 8. The number of nitrogen functional groups attached to an aromatic ring is 1. The first-order chi connectivity index (χ1) is 58.8. The molecule has 25 unspecified atom stereocenters. The zero-order valence-corrected chi connectivity index (χ0v) is 105. The lowest BCUT2D eigenvalue weighted by Gasteiger charge is -2.55. The van der Waals surface area contributed by atoms with Crippen molar-refractivity contribution in [1.82, 2.24) is 44.1 Å². The fourth-order valence-corrected chi connectivity index (χ4v) is 517. The number of imidazole rings is 2. The number of nitrogens with one attached hydrogen (secondary N) is 2. The number of rotatable bonds is 36. The van der Waals surface area contributed by atoms with Gasteiger partial charge in [0.1, 0.15) is 77.9 Å². The average molecular weight is 2460 g/mol. The summed E-state index contributed by atoms with van der Waals surface area (Å²) < 4.78 is 149. The van der Waals surface area contributed by atoms with E-state index in [1.807, 2.05) is 84.9 Å². The third-order valence-electron chi connectivity index (χ3n) is 17.4. The number of alkyl halides is 6. The molecule has 3 fully saturated rings. The van der Waals surface area contributed by atoms with Crippen molar-refractivity contribution >= 4 is 344 Å². The van der Waals surface area contributed by atoms with Crippen molar-refractivity contribution < 1.29 is 93.2 Å². The lowest BCUT2D eigenvalue weighted by molar-refractivity contribution is -0.282. The summed E-state index contributed by atoms with van der Waals surface area (Å²) in [7, 11) is 62.7. The Morgan fingerprint density at radius 2 is 0.976 bits per heavy atom. The maximum atomic E-state index is 14.4. The molecule has 0 aliphatic carbocycles. The van der Waals surface area contributed by atoms with Crippen molar-refractivity contribution in [3.63, 3.8) is 0 Å². The summed E-state index contributed by atoms with van der Waals surface area (Å²) in [5, 5.41) is 37.3. The number of ether oxygens (including phenoxy) is 7. The quantitative estimate of drug-likeness (QED) is 0.00920. The van der Waals surface area contributed by atoms with Gasteiger partial charge in [0, 0.05) is 7.11 Å². The van der Waals surface area contributed by atoms with Gasteiger partial charge in [0.25, 0.3) is 6.48 Å². The third kappa shape index (κ3) is 30.6. The minimum atomic E-state index is -5.32. The van der Waals surface area contributed by atoms with Crippen LogP contribution in [0.15, 0.2) is 141 Å². The van der Waals surface area contributed by atoms with Crippen LogP contribution in [0.25, 0.3) is 22.3 Å². The molecule has 36 atom stereocenters. The summed E-state index contributed by atoms with van der Waals surface area (Å²) >= 11 is 0. The van der Waals surface area contributed by atoms with E-state index in [4.69, 9.17) is 47.9 Å². The number of aromatic nitrogens is 8. The number of para-hydroxylation sites is 1. The van der Waals surface area contributed by atoms with E-state index in [9.17, 15) is 51.0 Å². The molecule has 0 saturated carbocycles. The Balaban J connectivity index is 0.000000235. The number of carbonyl (C=O) groups excluding carboxylic acids is 1. The van der Waals surface area contributed by atoms with Gasteiger partial charge in [0.05, 0.1) is 25.9 Å². The van der Waals surface area contributed by atoms with Crippen LogP contribution in [0.1, 0.15) is 57.3 Å². The molecule has 700 valence electrons. The summed E-state index contributed by atoms with van der Waals surface area (Å²) in [6.07, 6.45) is -25.4. The fraction of sp³-hybridized carbons (Fsp3) is 0.386. The largest absolute Gasteiger partial charge is 0.497 e. The molecule has 69 heteroatoms. The molecule has 8 aromatic rings. The van der Waals surface area contributed by atoms with Crippen LogP contribution in [0, 0.1) is 0 Å². The Hall–Kier alpha value is 7.97. The maximum absolute atomic E-state index is 14.4. The Labute approximate surface area is 794 Å². The second-order valence-corrected chi connectivity index (χ2v) is 176. The van der Waals surface area contributed by atoms with Gasteiger partial charge in [0.2, 0.25) is 0 Å². The third-order valence-corrected chi connectivity index (χ3v) is 268. The van der Waals surface area contributed by atoms with Crippen molar-refractivity contribution in [2.45, 2.75) is 126 Å². The van der Waals surface area contributed by atoms with Crippen LogP contribution in [-0.2, 0) is 47.8 Å². The van der Waals surface area contributed by atoms with Gasteiger partial charge in [-0.05, 0) is 181 Å². The molecule has 7 N–H and O–H groups in total. The van der Waals surface area contributed by atoms with Gasteiger partial charge in [-0.25, -0.2) is 34.5 Å². The number of esters is 1. The smallest absolute Gasteiger partial charge is 0.460 e. The highest BCUT2D eigenvalue weighted by Crippen LogP contribution is 3.41. The molecule has 3 saturated heterocycles. The van der Waals surface area contributed by atoms with E-state index >= 15 is 0 Å². The highest BCUT2D eigenvalue weighted by atomic mass is 33.5. The predicted molar refractivity (Wildman–Crippen MR) is 613 cm³/mol. The summed E-state index contributed by atoms with van der Waals surface area (Å²) in [6, 6.07) is 33.0. The monoisotopic (exact) mass is 2450 g/mol. The minimum Gasteiger partial charge on any atom is -0.497 e. The normalized spacial score (nSPS) is 21.6. The van der Waals surface area contributed by atoms with Crippen LogP contribution < -0.4 is 25.4 Å². The van der Waals surface area contributed by atoms with Gasteiger partial charge in [-0.15, -0.1) is 170 Å². The van der Waals surface area contributed by atoms with Gasteiger partial charge in [0.15, 0.2) is 53.1 Å². The highest BCUT2D eigenvalue weighted by Gasteiger charge is 2.63. The number of benzene rings is 4. The second kappa shape index (κ2) is 55.1. The van der Waals surface area contributed by atoms with E-state index < -0.39 is 112 Å². The molecular weight excluding hydrogens is 2350 g/mol. The van der Waals surface area contributed by atoms with E-state index in [0.717, 1.165) is 41.9 Å². The standard InChI is InChI=1S/C33H30F3N5O6.C23H28F3N6O8P.CH4.H39P37/c1-43-22-15-13-21(14-16-22)32(19-9-5-3-6-10-19,20-11-7-4-8-12-20)40-28-23-29(38-17-37-28)41(18-39-23)30-26-24(46-31(44-2)47-26)25(45-30)27(42)33(34,35)36;1-11(2)37-22(35)12(3)31-41(36,39-13-7-5-4-6-8-13)40-18(23(24,25)26)17-15(33)16(34)21(38-17)32-10-30-14-19(27)28-9-29-20(14)32;;1-20-30(21(2)3)35(31(22(4)5)23(6)7)37(34(28(16)17)29(18)19)36(32(24(8)9)25(10)11)33(26(12)13)27(14)15/h3-18,24-27,30-31,42H,1-2H3,(H,37,38,40);4-12,15-18,21,33-34H,1-3H3,(H,31,36)(H2,27,28,29);1H4;20H,1-19H2/t24-,25+,26-,27-,30-,31?;12-,15-,16+,17-,18+,21+,41?;;/m10../s1. The molecule has 3 aliphatic heterocycles. The fourth-order valence-electron chi connectivity index (χ4n) is 12.3. The molecule has 11 rings (SSSR count). The number of halogens is 6. The topological polar surface area (TPSA) is 315 Å². The molecular formula is C57H101F6N11O14P38. The molecule has 7 heterocycles. The molecule has 25 nitrogen and oxygen atoms in total. The number of nitrogens with two attached hydrogens (primary N) is 1. The number of fused-ring (bicyclic) bond motifs is 3. The molecule has 3 aliphatic rings. The van der Waals surface area contributed by atoms with Crippen molar-refractivity contribution in [1.29, 1.82) is 0 Å². The summed E-state index contributed by atoms with van der Waals surface area (Å²) in [5.41, 5.74) is 8.08. The summed E-state index contributed by atoms with van der Waals surface area (Å²) in [4.78, 5) is 37.7. The van der Waals surface area contributed by atoms with Crippen LogP contribution >= 0.6 is 304 Å². The zero-order valence-electron chi connectivity index (χ0n) is 66.1. The average Bonchev–Trinajstić information content (AvgIpc) is 1.47. The predicted octanol–water partition coefficient (Wildman–Crippen LogP) is 28.9. The van der Waals surface area contributed by atoms with E-state index in [1.165, 1.54) is 55.5 Å². The lowest BCUT2D eigenvalue weighted by Crippen LogP contribution is -2.49. The van der Waals surface area contributed by atoms with Gasteiger partial charge >= 0.3 is 26.1 Å². The molecule has 0 bridgehead atoms. The number of hydrogen-bond donors (Lipinski definition) is 6. The number of anilines is 2. The first-order valence-corrected chi connectivity index (χ1v) is 104. The van der Waals surface area contributed by atoms with Crippen molar-refractivity contribution in [3.8, 4) is 11.5 Å². The van der Waals surface area contributed by atoms with Crippen LogP contribution in [0.3, 0.4) is 0 Å². The van der Waals surface area contributed by atoms with Crippen molar-refractivity contribution in [2.24, 2.45) is 0 Å². The number of aliphatic hydroxyl groups is 3. The Kier molecular flexibility index (Phi) is 52.1. The Morgan fingerprint density at radius 1 is 0.540 bits per heavy atom. The van der Waals surface area contributed by atoms with E-state index in [1.54, 1.807) is 27.0 Å². The summed E-state index contributed by atoms with van der Waals surface area (Å²) in [5.74, 6) is -0.0989. The number of aliphatic hydroxyl groups excluding tert-OH is 3. The van der Waals surface area contributed by atoms with Gasteiger partial charge in [-0.3, -0.25) is 18.5 Å². The highest BCUT2D eigenvalue weighted by molar-refractivity contribution is 9.47. The molecule has 4 aromatic carbocycles. The first-order valence-electron chi connectivity index (χ1n) is 35.3.